The van der Waals surface area contributed by atoms with E-state index in [1.54, 1.807) is 0 Å². The van der Waals surface area contributed by atoms with E-state index in [1.807, 2.05) is 0 Å². The second-order valence-electron chi connectivity index (χ2n) is 5.11. The molecule has 0 unspecified atom stereocenters. The zero-order valence-electron chi connectivity index (χ0n) is 13.0. The molecule has 26 heavy (non-hydrogen) atoms. The van der Waals surface area contributed by atoms with E-state index in [4.69, 9.17) is 22.1 Å². The number of nitrogens with zero attached hydrogens (tertiary/aromatic N) is 2. The summed E-state index contributed by atoms with van der Waals surface area (Å²) in [5, 5.41) is 3.92. The molecule has 1 aromatic heterocycles. The van der Waals surface area contributed by atoms with Gasteiger partial charge in [-0.05, 0) is 36.4 Å². The highest BCUT2D eigenvalue weighted by molar-refractivity contribution is 7.90. The van der Waals surface area contributed by atoms with Crippen LogP contribution in [0.15, 0.2) is 59.5 Å². The molecule has 0 aliphatic rings. The van der Waals surface area contributed by atoms with Crippen LogP contribution in [0.4, 0.5) is 10.2 Å². The molecule has 0 fully saturated rings. The molecule has 0 amide bonds. The SMILES string of the molecule is Nc1cc(OC(=O)c2cccc(F)c2)nn1S(=O)(=O)c1cccc(Cl)c1. The monoisotopic (exact) mass is 395 g/mol. The molecule has 0 saturated carbocycles. The van der Waals surface area contributed by atoms with E-state index >= 15 is 0 Å². The van der Waals surface area contributed by atoms with Crippen molar-refractivity contribution in [1.29, 1.82) is 0 Å². The van der Waals surface area contributed by atoms with Gasteiger partial charge in [-0.25, -0.2) is 9.18 Å². The summed E-state index contributed by atoms with van der Waals surface area (Å²) in [6, 6.07) is 11.4. The number of nitrogen functional groups attached to an aromatic ring is 1. The Morgan fingerprint density at radius 2 is 1.88 bits per heavy atom. The van der Waals surface area contributed by atoms with Crippen LogP contribution in [0.3, 0.4) is 0 Å². The van der Waals surface area contributed by atoms with Gasteiger partial charge in [0.15, 0.2) is 0 Å². The topological polar surface area (TPSA) is 104 Å². The maximum absolute atomic E-state index is 13.2. The highest BCUT2D eigenvalue weighted by Gasteiger charge is 2.23. The fraction of sp³-hybridized carbons (Fsp3) is 0. The predicted molar refractivity (Wildman–Crippen MR) is 92.0 cm³/mol. The standard InChI is InChI=1S/C16H11ClFN3O4S/c17-11-4-2-6-13(8-11)26(23,24)21-14(19)9-15(20-21)25-16(22)10-3-1-5-12(18)7-10/h1-9H,19H2. The van der Waals surface area contributed by atoms with Crippen molar-refractivity contribution in [2.45, 2.75) is 4.90 Å². The summed E-state index contributed by atoms with van der Waals surface area (Å²) in [4.78, 5) is 11.9. The number of anilines is 1. The minimum atomic E-state index is -4.13. The summed E-state index contributed by atoms with van der Waals surface area (Å²) >= 11 is 5.81. The molecule has 0 spiro atoms. The lowest BCUT2D eigenvalue weighted by atomic mass is 10.2. The van der Waals surface area contributed by atoms with Gasteiger partial charge in [0, 0.05) is 11.1 Å². The maximum Gasteiger partial charge on any atom is 0.345 e. The molecule has 1 heterocycles. The summed E-state index contributed by atoms with van der Waals surface area (Å²) in [5.41, 5.74) is 5.62. The lowest BCUT2D eigenvalue weighted by Gasteiger charge is -2.06. The molecule has 0 atom stereocenters. The van der Waals surface area contributed by atoms with Gasteiger partial charge in [-0.2, -0.15) is 8.42 Å². The first-order valence-corrected chi connectivity index (χ1v) is 8.93. The Balaban J connectivity index is 1.91. The average Bonchev–Trinajstić information content (AvgIpc) is 2.96. The van der Waals surface area contributed by atoms with E-state index in [1.165, 1.54) is 42.5 Å². The van der Waals surface area contributed by atoms with Gasteiger partial charge in [0.05, 0.1) is 10.5 Å². The fourth-order valence-electron chi connectivity index (χ4n) is 2.10. The van der Waals surface area contributed by atoms with E-state index in [9.17, 15) is 17.6 Å². The van der Waals surface area contributed by atoms with Gasteiger partial charge < -0.3 is 10.5 Å². The van der Waals surface area contributed by atoms with E-state index in [0.29, 0.717) is 4.09 Å². The maximum atomic E-state index is 13.2. The van der Waals surface area contributed by atoms with Crippen molar-refractivity contribution in [2.24, 2.45) is 0 Å². The Kier molecular flexibility index (Phi) is 4.66. The number of ether oxygens (including phenoxy) is 1. The third-order valence-electron chi connectivity index (χ3n) is 3.26. The number of esters is 1. The number of rotatable bonds is 4. The number of hydrogen-bond donors (Lipinski definition) is 1. The molecule has 0 saturated heterocycles. The predicted octanol–water partition coefficient (Wildman–Crippen LogP) is 2.71. The number of hydrogen-bond acceptors (Lipinski definition) is 6. The number of carbonyl (C=O) groups excluding carboxylic acids is 1. The van der Waals surface area contributed by atoms with Crippen LogP contribution in [0.25, 0.3) is 0 Å². The molecular weight excluding hydrogens is 385 g/mol. The van der Waals surface area contributed by atoms with E-state index in [-0.39, 0.29) is 27.2 Å². The van der Waals surface area contributed by atoms with Crippen molar-refractivity contribution in [3.8, 4) is 5.88 Å². The lowest BCUT2D eigenvalue weighted by molar-refractivity contribution is 0.0726. The van der Waals surface area contributed by atoms with Crippen LogP contribution in [-0.4, -0.2) is 23.6 Å². The van der Waals surface area contributed by atoms with Crippen molar-refractivity contribution in [2.75, 3.05) is 5.73 Å². The number of benzene rings is 2. The van der Waals surface area contributed by atoms with Crippen LogP contribution in [0, 0.1) is 5.82 Å². The van der Waals surface area contributed by atoms with Crippen molar-refractivity contribution < 1.29 is 22.3 Å². The summed E-state index contributed by atoms with van der Waals surface area (Å²) in [6.45, 7) is 0. The van der Waals surface area contributed by atoms with Crippen LogP contribution >= 0.6 is 11.6 Å². The minimum absolute atomic E-state index is 0.0594. The van der Waals surface area contributed by atoms with Crippen molar-refractivity contribution in [3.63, 3.8) is 0 Å². The molecule has 3 aromatic rings. The zero-order chi connectivity index (χ0) is 18.9. The molecule has 0 aliphatic heterocycles. The molecule has 0 aliphatic carbocycles. The largest absolute Gasteiger partial charge is 0.402 e. The van der Waals surface area contributed by atoms with Gasteiger partial charge in [-0.15, -0.1) is 9.19 Å². The van der Waals surface area contributed by atoms with Gasteiger partial charge in [-0.3, -0.25) is 0 Å². The van der Waals surface area contributed by atoms with Crippen LogP contribution in [0.5, 0.6) is 5.88 Å². The Morgan fingerprint density at radius 3 is 2.58 bits per heavy atom. The summed E-state index contributed by atoms with van der Waals surface area (Å²) in [6.07, 6.45) is 0. The van der Waals surface area contributed by atoms with Crippen LogP contribution in [-0.2, 0) is 10.0 Å². The van der Waals surface area contributed by atoms with Gasteiger partial charge in [-0.1, -0.05) is 23.7 Å². The smallest absolute Gasteiger partial charge is 0.345 e. The molecule has 0 radical (unpaired) electrons. The number of aromatic nitrogens is 2. The van der Waals surface area contributed by atoms with Gasteiger partial charge >= 0.3 is 5.97 Å². The van der Waals surface area contributed by atoms with Crippen LogP contribution < -0.4 is 10.5 Å². The molecule has 10 heteroatoms. The fourth-order valence-corrected chi connectivity index (χ4v) is 3.60. The van der Waals surface area contributed by atoms with Gasteiger partial charge in [0.25, 0.3) is 10.0 Å². The molecule has 0 bridgehead atoms. The summed E-state index contributed by atoms with van der Waals surface area (Å²) in [7, 11) is -4.13. The molecule has 2 N–H and O–H groups in total. The van der Waals surface area contributed by atoms with Crippen molar-refractivity contribution in [1.82, 2.24) is 9.19 Å². The molecule has 3 rings (SSSR count). The van der Waals surface area contributed by atoms with E-state index in [2.05, 4.69) is 5.10 Å². The number of nitrogens with two attached hydrogens (primary N) is 1. The van der Waals surface area contributed by atoms with Crippen LogP contribution in [0.2, 0.25) is 5.02 Å². The highest BCUT2D eigenvalue weighted by atomic mass is 35.5. The molecule has 2 aromatic carbocycles. The Hall–Kier alpha value is -2.91. The second kappa shape index (κ2) is 6.77. The van der Waals surface area contributed by atoms with Crippen molar-refractivity contribution >= 4 is 33.4 Å². The first-order valence-electron chi connectivity index (χ1n) is 7.12. The minimum Gasteiger partial charge on any atom is -0.402 e. The Morgan fingerprint density at radius 1 is 1.15 bits per heavy atom. The van der Waals surface area contributed by atoms with Crippen molar-refractivity contribution in [3.05, 3.63) is 71.0 Å². The number of halogens is 2. The lowest BCUT2D eigenvalue weighted by Crippen LogP contribution is -2.17. The Bertz CT molecular complexity index is 1100. The summed E-state index contributed by atoms with van der Waals surface area (Å²) in [5.74, 6) is -2.14. The second-order valence-corrected chi connectivity index (χ2v) is 7.32. The molecule has 134 valence electrons. The highest BCUT2D eigenvalue weighted by Crippen LogP contribution is 2.23. The third-order valence-corrected chi connectivity index (χ3v) is 5.09. The average molecular weight is 396 g/mol. The summed E-state index contributed by atoms with van der Waals surface area (Å²) < 4.78 is 43.8. The van der Waals surface area contributed by atoms with Gasteiger partial charge in [0.1, 0.15) is 11.6 Å². The first kappa shape index (κ1) is 17.9. The van der Waals surface area contributed by atoms with E-state index in [0.717, 1.165) is 12.1 Å². The molecule has 7 nitrogen and oxygen atoms in total. The molecular formula is C16H11ClFN3O4S. The Labute approximate surface area is 152 Å². The van der Waals surface area contributed by atoms with E-state index < -0.39 is 21.8 Å². The quantitative estimate of drug-likeness (QED) is 0.681. The normalized spacial score (nSPS) is 11.3. The first-order chi connectivity index (χ1) is 12.3. The van der Waals surface area contributed by atoms with Crippen LogP contribution in [0.1, 0.15) is 10.4 Å². The number of carbonyl (C=O) groups is 1. The van der Waals surface area contributed by atoms with Gasteiger partial charge in [0.2, 0.25) is 5.88 Å². The zero-order valence-corrected chi connectivity index (χ0v) is 14.5. The third kappa shape index (κ3) is 3.53.